The number of carbonyl (C=O) groups is 1. The highest BCUT2D eigenvalue weighted by molar-refractivity contribution is 5.94. The Morgan fingerprint density at radius 1 is 1.16 bits per heavy atom. The lowest BCUT2D eigenvalue weighted by molar-refractivity contribution is -0.137. The number of halogens is 3. The third-order valence-corrected chi connectivity index (χ3v) is 2.59. The fourth-order valence-electron chi connectivity index (χ4n) is 1.65. The van der Waals surface area contributed by atoms with Crippen molar-refractivity contribution in [3.8, 4) is 11.1 Å². The van der Waals surface area contributed by atoms with Crippen molar-refractivity contribution in [3.05, 3.63) is 59.7 Å². The highest BCUT2D eigenvalue weighted by Gasteiger charge is 2.30. The maximum atomic E-state index is 12.6. The molecule has 1 amide bonds. The molecule has 0 heterocycles. The predicted molar refractivity (Wildman–Crippen MR) is 64.2 cm³/mol. The van der Waals surface area contributed by atoms with Crippen LogP contribution in [0.15, 0.2) is 42.5 Å². The van der Waals surface area contributed by atoms with Gasteiger partial charge in [-0.25, -0.2) is 0 Å². The first-order valence-electron chi connectivity index (χ1n) is 5.37. The SMILES string of the molecule is NC(=O)c1cc[c]c(-c2cccc(C(F)(F)F)c2)c1. The van der Waals surface area contributed by atoms with Crippen molar-refractivity contribution in [2.75, 3.05) is 0 Å². The second-order valence-electron chi connectivity index (χ2n) is 3.93. The molecule has 2 aromatic rings. The van der Waals surface area contributed by atoms with Gasteiger partial charge in [0, 0.05) is 5.56 Å². The predicted octanol–water partition coefficient (Wildman–Crippen LogP) is 3.27. The summed E-state index contributed by atoms with van der Waals surface area (Å²) in [4.78, 5) is 11.0. The first kappa shape index (κ1) is 13.1. The van der Waals surface area contributed by atoms with E-state index in [1.165, 1.54) is 30.3 Å². The quantitative estimate of drug-likeness (QED) is 0.888. The minimum atomic E-state index is -4.41. The average Bonchev–Trinajstić information content (AvgIpc) is 2.38. The van der Waals surface area contributed by atoms with Crippen molar-refractivity contribution >= 4 is 5.91 Å². The molecule has 0 bridgehead atoms. The summed E-state index contributed by atoms with van der Waals surface area (Å²) in [6.07, 6.45) is -4.41. The van der Waals surface area contributed by atoms with Crippen LogP contribution in [0.5, 0.6) is 0 Å². The molecule has 0 aliphatic rings. The van der Waals surface area contributed by atoms with E-state index in [2.05, 4.69) is 6.07 Å². The third-order valence-electron chi connectivity index (χ3n) is 2.59. The monoisotopic (exact) mass is 264 g/mol. The van der Waals surface area contributed by atoms with Gasteiger partial charge in [0.25, 0.3) is 0 Å². The molecule has 97 valence electrons. The zero-order chi connectivity index (χ0) is 14.0. The molecule has 2 aromatic carbocycles. The number of amides is 1. The highest BCUT2D eigenvalue weighted by Crippen LogP contribution is 2.32. The maximum absolute atomic E-state index is 12.6. The molecular weight excluding hydrogens is 255 g/mol. The van der Waals surface area contributed by atoms with E-state index in [0.29, 0.717) is 11.1 Å². The normalized spacial score (nSPS) is 11.3. The number of alkyl halides is 3. The van der Waals surface area contributed by atoms with Gasteiger partial charge < -0.3 is 5.73 Å². The van der Waals surface area contributed by atoms with Gasteiger partial charge in [0.15, 0.2) is 0 Å². The molecule has 2 nitrogen and oxygen atoms in total. The van der Waals surface area contributed by atoms with Gasteiger partial charge >= 0.3 is 6.18 Å². The van der Waals surface area contributed by atoms with Crippen LogP contribution >= 0.6 is 0 Å². The van der Waals surface area contributed by atoms with Crippen molar-refractivity contribution in [1.82, 2.24) is 0 Å². The largest absolute Gasteiger partial charge is 0.416 e. The summed E-state index contributed by atoms with van der Waals surface area (Å²) >= 11 is 0. The minimum absolute atomic E-state index is 0.228. The molecule has 0 spiro atoms. The van der Waals surface area contributed by atoms with Crippen molar-refractivity contribution in [1.29, 1.82) is 0 Å². The van der Waals surface area contributed by atoms with Crippen LogP contribution in [0.25, 0.3) is 11.1 Å². The molecule has 19 heavy (non-hydrogen) atoms. The molecule has 0 saturated heterocycles. The maximum Gasteiger partial charge on any atom is 0.416 e. The van der Waals surface area contributed by atoms with Crippen molar-refractivity contribution in [2.45, 2.75) is 6.18 Å². The Morgan fingerprint density at radius 2 is 1.89 bits per heavy atom. The van der Waals surface area contributed by atoms with Crippen molar-refractivity contribution in [2.24, 2.45) is 5.73 Å². The second kappa shape index (κ2) is 4.76. The highest BCUT2D eigenvalue weighted by atomic mass is 19.4. The van der Waals surface area contributed by atoms with Gasteiger partial charge in [-0.2, -0.15) is 13.2 Å². The van der Waals surface area contributed by atoms with Gasteiger partial charge in [0.1, 0.15) is 0 Å². The van der Waals surface area contributed by atoms with Gasteiger partial charge in [-0.3, -0.25) is 4.79 Å². The Labute approximate surface area is 107 Å². The molecule has 5 heteroatoms. The number of hydrogen-bond donors (Lipinski definition) is 1. The first-order valence-corrected chi connectivity index (χ1v) is 5.37. The molecule has 0 aliphatic heterocycles. The summed E-state index contributed by atoms with van der Waals surface area (Å²) in [5.41, 5.74) is 5.33. The fourth-order valence-corrected chi connectivity index (χ4v) is 1.65. The summed E-state index contributed by atoms with van der Waals surface area (Å²) in [6, 6.07) is 11.9. The Morgan fingerprint density at radius 3 is 2.53 bits per heavy atom. The van der Waals surface area contributed by atoms with Crippen LogP contribution in [0.3, 0.4) is 0 Å². The molecule has 0 fully saturated rings. The molecule has 0 aromatic heterocycles. The molecule has 0 aliphatic carbocycles. The summed E-state index contributed by atoms with van der Waals surface area (Å²) < 4.78 is 37.8. The van der Waals surface area contributed by atoms with E-state index in [1.807, 2.05) is 0 Å². The molecule has 0 atom stereocenters. The van der Waals surface area contributed by atoms with Gasteiger partial charge in [-0.15, -0.1) is 0 Å². The summed E-state index contributed by atoms with van der Waals surface area (Å²) in [7, 11) is 0. The number of carbonyl (C=O) groups excluding carboxylic acids is 1. The van der Waals surface area contributed by atoms with Gasteiger partial charge in [0.05, 0.1) is 5.56 Å². The number of hydrogen-bond acceptors (Lipinski definition) is 1. The lowest BCUT2D eigenvalue weighted by Crippen LogP contribution is -2.10. The van der Waals surface area contributed by atoms with Crippen LogP contribution in [0, 0.1) is 6.07 Å². The molecule has 2 rings (SSSR count). The molecule has 0 unspecified atom stereocenters. The van der Waals surface area contributed by atoms with E-state index in [1.54, 1.807) is 0 Å². The van der Waals surface area contributed by atoms with Crippen LogP contribution in [-0.2, 0) is 6.18 Å². The van der Waals surface area contributed by atoms with Crippen LogP contribution < -0.4 is 5.73 Å². The van der Waals surface area contributed by atoms with Crippen LogP contribution in [-0.4, -0.2) is 5.91 Å². The topological polar surface area (TPSA) is 43.1 Å². The van der Waals surface area contributed by atoms with E-state index < -0.39 is 17.6 Å². The Balaban J connectivity index is 2.48. The van der Waals surface area contributed by atoms with E-state index >= 15 is 0 Å². The molecule has 2 N–H and O–H groups in total. The number of primary amides is 1. The minimum Gasteiger partial charge on any atom is -0.366 e. The van der Waals surface area contributed by atoms with Gasteiger partial charge in [-0.1, -0.05) is 18.2 Å². The Hall–Kier alpha value is -2.30. The third kappa shape index (κ3) is 2.93. The van der Waals surface area contributed by atoms with Crippen LogP contribution in [0.4, 0.5) is 13.2 Å². The Bertz CT molecular complexity index is 620. The lowest BCUT2D eigenvalue weighted by atomic mass is 10.0. The lowest BCUT2D eigenvalue weighted by Gasteiger charge is -2.09. The molecule has 1 radical (unpaired) electrons. The van der Waals surface area contributed by atoms with E-state index in [0.717, 1.165) is 12.1 Å². The fraction of sp³-hybridized carbons (Fsp3) is 0.0714. The smallest absolute Gasteiger partial charge is 0.366 e. The standard InChI is InChI=1S/C14H9F3NO/c15-14(16,17)12-6-2-4-10(8-12)9-3-1-5-11(7-9)13(18)19/h1-2,4-8H,(H2,18,19). The van der Waals surface area contributed by atoms with E-state index in [9.17, 15) is 18.0 Å². The van der Waals surface area contributed by atoms with Gasteiger partial charge in [0.2, 0.25) is 5.91 Å². The van der Waals surface area contributed by atoms with Gasteiger partial charge in [-0.05, 0) is 41.5 Å². The first-order chi connectivity index (χ1) is 8.88. The number of nitrogens with two attached hydrogens (primary N) is 1. The number of benzene rings is 2. The summed E-state index contributed by atoms with van der Waals surface area (Å²) in [6.45, 7) is 0. The second-order valence-corrected chi connectivity index (χ2v) is 3.93. The van der Waals surface area contributed by atoms with Crippen LogP contribution in [0.1, 0.15) is 15.9 Å². The zero-order valence-corrected chi connectivity index (χ0v) is 9.66. The van der Waals surface area contributed by atoms with Crippen LogP contribution in [0.2, 0.25) is 0 Å². The summed E-state index contributed by atoms with van der Waals surface area (Å²) in [5, 5.41) is 0. The summed E-state index contributed by atoms with van der Waals surface area (Å²) in [5.74, 6) is -0.637. The average molecular weight is 264 g/mol. The van der Waals surface area contributed by atoms with E-state index in [4.69, 9.17) is 5.73 Å². The zero-order valence-electron chi connectivity index (χ0n) is 9.66. The molecule has 0 saturated carbocycles. The van der Waals surface area contributed by atoms with E-state index in [-0.39, 0.29) is 5.56 Å². The van der Waals surface area contributed by atoms with Crippen molar-refractivity contribution in [3.63, 3.8) is 0 Å². The molecular formula is C14H9F3NO. The van der Waals surface area contributed by atoms with Crippen molar-refractivity contribution < 1.29 is 18.0 Å². The Kier molecular flexibility index (Phi) is 3.29. The number of rotatable bonds is 2.